The van der Waals surface area contributed by atoms with Crippen LogP contribution < -0.4 is 9.47 Å². The van der Waals surface area contributed by atoms with Gasteiger partial charge in [0.15, 0.2) is 11.5 Å². The fourth-order valence-electron chi connectivity index (χ4n) is 1.57. The predicted octanol–water partition coefficient (Wildman–Crippen LogP) is 3.56. The van der Waals surface area contributed by atoms with Crippen molar-refractivity contribution in [1.29, 1.82) is 0 Å². The lowest BCUT2D eigenvalue weighted by molar-refractivity contribution is 0.282. The lowest BCUT2D eigenvalue weighted by atomic mass is 10.0. The average molecular weight is 226 g/mol. The van der Waals surface area contributed by atoms with Crippen LogP contribution in [-0.2, 0) is 0 Å². The second-order valence-corrected chi connectivity index (χ2v) is 3.60. The van der Waals surface area contributed by atoms with E-state index in [1.165, 1.54) is 0 Å². The third kappa shape index (κ3) is 2.87. The zero-order valence-electron chi connectivity index (χ0n) is 10.1. The van der Waals surface area contributed by atoms with Crippen molar-refractivity contribution in [3.05, 3.63) is 23.8 Å². The van der Waals surface area contributed by atoms with E-state index in [1.807, 2.05) is 39.0 Å². The van der Waals surface area contributed by atoms with Gasteiger partial charge >= 0.3 is 0 Å². The third-order valence-electron chi connectivity index (χ3n) is 2.36. The molecule has 3 heteroatoms. The van der Waals surface area contributed by atoms with E-state index in [2.05, 4.69) is 0 Å². The van der Waals surface area contributed by atoms with Crippen LogP contribution in [0.4, 0.5) is 4.39 Å². The number of hydrogen-bond acceptors (Lipinski definition) is 2. The minimum Gasteiger partial charge on any atom is -0.490 e. The quantitative estimate of drug-likeness (QED) is 0.738. The number of para-hydroxylation sites is 1. The zero-order valence-corrected chi connectivity index (χ0v) is 10.1. The summed E-state index contributed by atoms with van der Waals surface area (Å²) in [7, 11) is 0. The molecule has 0 amide bonds. The molecule has 0 aliphatic rings. The van der Waals surface area contributed by atoms with Gasteiger partial charge in [-0.15, -0.1) is 0 Å². The first kappa shape index (κ1) is 12.8. The van der Waals surface area contributed by atoms with Gasteiger partial charge in [-0.25, -0.2) is 0 Å². The van der Waals surface area contributed by atoms with Gasteiger partial charge in [-0.1, -0.05) is 19.1 Å². The summed E-state index contributed by atoms with van der Waals surface area (Å²) < 4.78 is 23.7. The summed E-state index contributed by atoms with van der Waals surface area (Å²) >= 11 is 0. The van der Waals surface area contributed by atoms with Gasteiger partial charge < -0.3 is 9.47 Å². The van der Waals surface area contributed by atoms with Crippen molar-refractivity contribution in [3.63, 3.8) is 0 Å². The topological polar surface area (TPSA) is 18.5 Å². The molecule has 1 atom stereocenters. The molecule has 0 saturated heterocycles. The van der Waals surface area contributed by atoms with Crippen molar-refractivity contribution in [2.75, 3.05) is 19.9 Å². The van der Waals surface area contributed by atoms with E-state index in [0.29, 0.717) is 24.7 Å². The van der Waals surface area contributed by atoms with Gasteiger partial charge in [-0.2, -0.15) is 0 Å². The Labute approximate surface area is 96.4 Å². The summed E-state index contributed by atoms with van der Waals surface area (Å²) in [6.45, 7) is 6.40. The number of rotatable bonds is 6. The molecular formula is C13H19FO2. The summed E-state index contributed by atoms with van der Waals surface area (Å²) in [5.74, 6) is 1.21. The van der Waals surface area contributed by atoms with Crippen LogP contribution in [0.25, 0.3) is 0 Å². The zero-order chi connectivity index (χ0) is 12.0. The highest BCUT2D eigenvalue weighted by Crippen LogP contribution is 2.35. The average Bonchev–Trinajstić information content (AvgIpc) is 2.31. The Morgan fingerprint density at radius 3 is 2.44 bits per heavy atom. The highest BCUT2D eigenvalue weighted by Gasteiger charge is 2.15. The van der Waals surface area contributed by atoms with Crippen LogP contribution >= 0.6 is 0 Å². The van der Waals surface area contributed by atoms with Crippen molar-refractivity contribution in [1.82, 2.24) is 0 Å². The normalized spacial score (nSPS) is 12.2. The van der Waals surface area contributed by atoms with Crippen LogP contribution in [0.1, 0.15) is 32.3 Å². The standard InChI is InChI=1S/C13H19FO2/c1-4-15-12-8-6-7-11(10(3)9-14)13(12)16-5-2/h6-8,10H,4-5,9H2,1-3H3. The Morgan fingerprint density at radius 2 is 1.88 bits per heavy atom. The van der Waals surface area contributed by atoms with Crippen molar-refractivity contribution in [2.24, 2.45) is 0 Å². The van der Waals surface area contributed by atoms with Gasteiger partial charge in [0.05, 0.1) is 19.9 Å². The first-order chi connectivity index (χ1) is 7.74. The molecule has 0 bridgehead atoms. The number of alkyl halides is 1. The molecule has 0 N–H and O–H groups in total. The van der Waals surface area contributed by atoms with E-state index in [4.69, 9.17) is 9.47 Å². The monoisotopic (exact) mass is 226 g/mol. The Morgan fingerprint density at radius 1 is 1.19 bits per heavy atom. The maximum atomic E-state index is 12.7. The van der Waals surface area contributed by atoms with Gasteiger partial charge in [0.1, 0.15) is 0 Å². The smallest absolute Gasteiger partial charge is 0.164 e. The Balaban J connectivity index is 3.09. The van der Waals surface area contributed by atoms with E-state index in [-0.39, 0.29) is 5.92 Å². The van der Waals surface area contributed by atoms with Crippen LogP contribution in [0.5, 0.6) is 11.5 Å². The second-order valence-electron chi connectivity index (χ2n) is 3.60. The molecule has 2 nitrogen and oxygen atoms in total. The van der Waals surface area contributed by atoms with Gasteiger partial charge in [0.25, 0.3) is 0 Å². The third-order valence-corrected chi connectivity index (χ3v) is 2.36. The minimum absolute atomic E-state index is 0.165. The first-order valence-corrected chi connectivity index (χ1v) is 5.69. The number of hydrogen-bond donors (Lipinski definition) is 0. The van der Waals surface area contributed by atoms with Crippen LogP contribution in [-0.4, -0.2) is 19.9 Å². The van der Waals surface area contributed by atoms with Crippen LogP contribution in [0.15, 0.2) is 18.2 Å². The van der Waals surface area contributed by atoms with Gasteiger partial charge in [0, 0.05) is 11.5 Å². The van der Waals surface area contributed by atoms with Crippen molar-refractivity contribution < 1.29 is 13.9 Å². The highest BCUT2D eigenvalue weighted by atomic mass is 19.1. The predicted molar refractivity (Wildman–Crippen MR) is 63.2 cm³/mol. The Bertz CT molecular complexity index is 326. The molecule has 0 heterocycles. The molecule has 0 aliphatic carbocycles. The summed E-state index contributed by atoms with van der Waals surface area (Å²) in [6.07, 6.45) is 0. The van der Waals surface area contributed by atoms with E-state index in [0.717, 1.165) is 5.56 Å². The molecular weight excluding hydrogens is 207 g/mol. The summed E-state index contributed by atoms with van der Waals surface area (Å²) in [5.41, 5.74) is 0.871. The molecule has 0 spiro atoms. The van der Waals surface area contributed by atoms with Crippen LogP contribution in [0.2, 0.25) is 0 Å². The lowest BCUT2D eigenvalue weighted by Gasteiger charge is -2.17. The van der Waals surface area contributed by atoms with Gasteiger partial charge in [-0.05, 0) is 19.9 Å². The van der Waals surface area contributed by atoms with E-state index in [9.17, 15) is 4.39 Å². The van der Waals surface area contributed by atoms with Crippen molar-refractivity contribution in [3.8, 4) is 11.5 Å². The summed E-state index contributed by atoms with van der Waals surface area (Å²) in [4.78, 5) is 0. The molecule has 0 aromatic heterocycles. The Kier molecular flexibility index (Phi) is 5.09. The van der Waals surface area contributed by atoms with Crippen LogP contribution in [0, 0.1) is 0 Å². The van der Waals surface area contributed by atoms with Crippen molar-refractivity contribution in [2.45, 2.75) is 26.7 Å². The Hall–Kier alpha value is -1.25. The largest absolute Gasteiger partial charge is 0.490 e. The summed E-state index contributed by atoms with van der Waals surface area (Å²) in [6, 6.07) is 5.61. The fraction of sp³-hybridized carbons (Fsp3) is 0.538. The molecule has 0 fully saturated rings. The SMILES string of the molecule is CCOc1cccc(C(C)CF)c1OCC. The molecule has 0 radical (unpaired) electrons. The van der Waals surface area contributed by atoms with Gasteiger partial charge in [0.2, 0.25) is 0 Å². The highest BCUT2D eigenvalue weighted by molar-refractivity contribution is 5.48. The molecule has 0 saturated carbocycles. The molecule has 1 unspecified atom stereocenters. The maximum Gasteiger partial charge on any atom is 0.164 e. The van der Waals surface area contributed by atoms with E-state index >= 15 is 0 Å². The lowest BCUT2D eigenvalue weighted by Crippen LogP contribution is -2.04. The molecule has 1 aromatic carbocycles. The van der Waals surface area contributed by atoms with Crippen molar-refractivity contribution >= 4 is 0 Å². The molecule has 1 rings (SSSR count). The van der Waals surface area contributed by atoms with Gasteiger partial charge in [-0.3, -0.25) is 4.39 Å². The molecule has 16 heavy (non-hydrogen) atoms. The number of benzene rings is 1. The second kappa shape index (κ2) is 6.36. The van der Waals surface area contributed by atoms with Crippen LogP contribution in [0.3, 0.4) is 0 Å². The number of ether oxygens (including phenoxy) is 2. The summed E-state index contributed by atoms with van der Waals surface area (Å²) in [5, 5.41) is 0. The molecule has 0 aliphatic heterocycles. The maximum absolute atomic E-state index is 12.7. The molecule has 1 aromatic rings. The van der Waals surface area contributed by atoms with E-state index < -0.39 is 6.67 Å². The number of halogens is 1. The molecule has 90 valence electrons. The minimum atomic E-state index is -0.393. The van der Waals surface area contributed by atoms with E-state index in [1.54, 1.807) is 0 Å². The first-order valence-electron chi connectivity index (χ1n) is 5.69. The fourth-order valence-corrected chi connectivity index (χ4v) is 1.57.